The second-order valence-corrected chi connectivity index (χ2v) is 9.34. The number of methoxy groups -OCH3 is 1. The fraction of sp³-hybridized carbons (Fsp3) is 0.0500. The molecule has 2 aromatic carbocycles. The van der Waals surface area contributed by atoms with Gasteiger partial charge in [0, 0.05) is 23.3 Å². The number of hydrogen-bond donors (Lipinski definition) is 1. The number of rotatable bonds is 5. The molecule has 0 fully saturated rings. The van der Waals surface area contributed by atoms with E-state index in [0.717, 1.165) is 0 Å². The van der Waals surface area contributed by atoms with Crippen LogP contribution < -0.4 is 9.46 Å². The van der Waals surface area contributed by atoms with Crippen molar-refractivity contribution in [3.8, 4) is 17.0 Å². The second-order valence-electron chi connectivity index (χ2n) is 6.46. The molecular weight excluding hydrogens is 502 g/mol. The summed E-state index contributed by atoms with van der Waals surface area (Å²) in [5.74, 6) is -0.131. The van der Waals surface area contributed by atoms with Gasteiger partial charge in [-0.25, -0.2) is 23.4 Å². The third-order valence-electron chi connectivity index (χ3n) is 4.44. The van der Waals surface area contributed by atoms with Gasteiger partial charge >= 0.3 is 6.08 Å². The minimum atomic E-state index is -4.16. The first-order chi connectivity index (χ1) is 15.2. The molecule has 0 atom stereocenters. The Morgan fingerprint density at radius 3 is 2.56 bits per heavy atom. The molecule has 0 bridgehead atoms. The van der Waals surface area contributed by atoms with Gasteiger partial charge in [-0.1, -0.05) is 40.9 Å². The highest BCUT2D eigenvalue weighted by Gasteiger charge is 2.24. The van der Waals surface area contributed by atoms with Crippen LogP contribution in [0, 0.1) is 6.08 Å². The molecular formula is C20H12Cl3FN4O3S. The Kier molecular flexibility index (Phi) is 6.09. The number of anilines is 1. The van der Waals surface area contributed by atoms with Gasteiger partial charge in [0.2, 0.25) is 5.88 Å². The van der Waals surface area contributed by atoms with E-state index >= 15 is 0 Å². The van der Waals surface area contributed by atoms with Crippen LogP contribution >= 0.6 is 34.8 Å². The van der Waals surface area contributed by atoms with E-state index in [0.29, 0.717) is 22.0 Å². The van der Waals surface area contributed by atoms with Crippen LogP contribution in [0.1, 0.15) is 0 Å². The van der Waals surface area contributed by atoms with Crippen LogP contribution in [0.25, 0.3) is 22.0 Å². The van der Waals surface area contributed by atoms with Gasteiger partial charge in [0.05, 0.1) is 33.4 Å². The maximum atomic E-state index is 13.3. The largest absolute Gasteiger partial charge is 0.480 e. The molecule has 0 aliphatic carbocycles. The van der Waals surface area contributed by atoms with Crippen molar-refractivity contribution in [1.29, 1.82) is 0 Å². The molecule has 12 heteroatoms. The number of nitrogens with zero attached hydrogens (tertiary/aromatic N) is 3. The van der Waals surface area contributed by atoms with Crippen molar-refractivity contribution in [2.45, 2.75) is 4.90 Å². The molecule has 0 amide bonds. The van der Waals surface area contributed by atoms with Crippen molar-refractivity contribution in [2.24, 2.45) is 0 Å². The highest BCUT2D eigenvalue weighted by molar-refractivity contribution is 7.92. The van der Waals surface area contributed by atoms with Crippen molar-refractivity contribution in [1.82, 2.24) is 15.0 Å². The number of ether oxygens (including phenoxy) is 1. The molecule has 7 nitrogen and oxygen atoms in total. The number of benzene rings is 2. The molecule has 2 aromatic heterocycles. The predicted molar refractivity (Wildman–Crippen MR) is 122 cm³/mol. The van der Waals surface area contributed by atoms with E-state index in [9.17, 15) is 12.8 Å². The van der Waals surface area contributed by atoms with Crippen molar-refractivity contribution in [3.63, 3.8) is 0 Å². The van der Waals surface area contributed by atoms with Gasteiger partial charge in [0.25, 0.3) is 10.0 Å². The lowest BCUT2D eigenvalue weighted by molar-refractivity contribution is 0.385. The van der Waals surface area contributed by atoms with Crippen LogP contribution in [0.5, 0.6) is 5.88 Å². The molecule has 0 saturated heterocycles. The molecule has 0 saturated carbocycles. The number of sulfonamides is 1. The second kappa shape index (κ2) is 8.67. The Balaban J connectivity index is 1.79. The smallest absolute Gasteiger partial charge is 0.309 e. The van der Waals surface area contributed by atoms with Crippen LogP contribution in [-0.2, 0) is 10.0 Å². The summed E-state index contributed by atoms with van der Waals surface area (Å²) in [4.78, 5) is 10.9. The third-order valence-corrected chi connectivity index (χ3v) is 6.72. The van der Waals surface area contributed by atoms with Crippen molar-refractivity contribution < 1.29 is 17.5 Å². The zero-order valence-corrected chi connectivity index (χ0v) is 19.2. The lowest BCUT2D eigenvalue weighted by Gasteiger charge is -2.15. The lowest BCUT2D eigenvalue weighted by Crippen LogP contribution is -2.15. The number of aromatic nitrogens is 3. The molecule has 2 heterocycles. The third kappa shape index (κ3) is 4.29. The number of hydrogen-bond acceptors (Lipinski definition) is 6. The summed E-state index contributed by atoms with van der Waals surface area (Å²) in [7, 11) is -2.87. The maximum absolute atomic E-state index is 13.3. The zero-order valence-electron chi connectivity index (χ0n) is 16.1. The highest BCUT2D eigenvalue weighted by atomic mass is 35.5. The normalized spacial score (nSPS) is 11.5. The van der Waals surface area contributed by atoms with E-state index in [2.05, 4.69) is 19.7 Å². The summed E-state index contributed by atoms with van der Waals surface area (Å²) in [5, 5.41) is 1.00. The average molecular weight is 514 g/mol. The van der Waals surface area contributed by atoms with E-state index in [4.69, 9.17) is 39.5 Å². The molecule has 0 radical (unpaired) electrons. The molecule has 4 rings (SSSR count). The Labute approximate surface area is 197 Å². The summed E-state index contributed by atoms with van der Waals surface area (Å²) >= 11 is 18.8. The number of halogens is 4. The first-order valence-electron chi connectivity index (χ1n) is 8.82. The van der Waals surface area contributed by atoms with E-state index in [1.165, 1.54) is 37.7 Å². The molecule has 32 heavy (non-hydrogen) atoms. The van der Waals surface area contributed by atoms with Crippen LogP contribution in [0.4, 0.5) is 10.1 Å². The fourth-order valence-corrected chi connectivity index (χ4v) is 5.15. The van der Waals surface area contributed by atoms with Gasteiger partial charge in [0.15, 0.2) is 4.90 Å². The number of fused-ring (bicyclic) bond motifs is 1. The Bertz CT molecular complexity index is 1470. The minimum Gasteiger partial charge on any atom is -0.480 e. The topological polar surface area (TPSA) is 94.1 Å². The number of nitrogens with one attached hydrogen (secondary N) is 1. The summed E-state index contributed by atoms with van der Waals surface area (Å²) in [6.45, 7) is 0. The SMILES string of the molecule is COc1ncc(Cl)cc1S(=O)(=O)Nc1ccc(Cl)c(-c2ccc3nc(F)ncc3c2)c1Cl. The van der Waals surface area contributed by atoms with E-state index in [-0.39, 0.29) is 31.5 Å². The average Bonchev–Trinajstić information content (AvgIpc) is 2.76. The van der Waals surface area contributed by atoms with Gasteiger partial charge in [-0.2, -0.15) is 4.39 Å². The number of pyridine rings is 1. The first kappa shape index (κ1) is 22.5. The van der Waals surface area contributed by atoms with Crippen LogP contribution in [0.2, 0.25) is 15.1 Å². The summed E-state index contributed by atoms with van der Waals surface area (Å²) in [6.07, 6.45) is 1.75. The van der Waals surface area contributed by atoms with Gasteiger partial charge < -0.3 is 4.74 Å². The van der Waals surface area contributed by atoms with Crippen LogP contribution in [0.15, 0.2) is 53.7 Å². The Morgan fingerprint density at radius 1 is 1.03 bits per heavy atom. The van der Waals surface area contributed by atoms with E-state index < -0.39 is 16.1 Å². The minimum absolute atomic E-state index is 0.0532. The highest BCUT2D eigenvalue weighted by Crippen LogP contribution is 2.41. The summed E-state index contributed by atoms with van der Waals surface area (Å²) in [6, 6.07) is 9.04. The Morgan fingerprint density at radius 2 is 1.81 bits per heavy atom. The summed E-state index contributed by atoms with van der Waals surface area (Å²) < 4.78 is 46.7. The zero-order chi connectivity index (χ0) is 23.0. The van der Waals surface area contributed by atoms with Crippen molar-refractivity contribution in [3.05, 3.63) is 69.9 Å². The quantitative estimate of drug-likeness (QED) is 0.349. The fourth-order valence-electron chi connectivity index (χ4n) is 3.02. The molecule has 4 aromatic rings. The molecule has 0 aliphatic rings. The maximum Gasteiger partial charge on any atom is 0.309 e. The van der Waals surface area contributed by atoms with Crippen molar-refractivity contribution in [2.75, 3.05) is 11.8 Å². The van der Waals surface area contributed by atoms with Gasteiger partial charge in [-0.3, -0.25) is 4.72 Å². The van der Waals surface area contributed by atoms with Crippen LogP contribution in [0.3, 0.4) is 0 Å². The van der Waals surface area contributed by atoms with E-state index in [1.54, 1.807) is 18.2 Å². The van der Waals surface area contributed by atoms with Crippen molar-refractivity contribution >= 4 is 61.4 Å². The molecule has 164 valence electrons. The van der Waals surface area contributed by atoms with Gasteiger partial charge in [-0.15, -0.1) is 0 Å². The lowest BCUT2D eigenvalue weighted by atomic mass is 10.0. The molecule has 0 aliphatic heterocycles. The molecule has 1 N–H and O–H groups in total. The van der Waals surface area contributed by atoms with Gasteiger partial charge in [-0.05, 0) is 35.9 Å². The van der Waals surface area contributed by atoms with Gasteiger partial charge in [0.1, 0.15) is 0 Å². The standard InChI is InChI=1S/C20H12Cl3FN4O3S/c1-31-19-16(7-12(21)9-25-19)32(29,30)28-15-5-3-13(22)17(18(15)23)10-2-4-14-11(6-10)8-26-20(24)27-14/h2-9,28H,1H3. The molecule has 0 spiro atoms. The summed E-state index contributed by atoms with van der Waals surface area (Å²) in [5.41, 5.74) is 1.40. The van der Waals surface area contributed by atoms with Crippen LogP contribution in [-0.4, -0.2) is 30.5 Å². The monoisotopic (exact) mass is 512 g/mol. The predicted octanol–water partition coefficient (Wildman–Crippen LogP) is 5.60. The van der Waals surface area contributed by atoms with E-state index in [1.807, 2.05) is 0 Å². The Hall–Kier alpha value is -2.72. The molecule has 0 unspecified atom stereocenters. The first-order valence-corrected chi connectivity index (χ1v) is 11.4.